The topological polar surface area (TPSA) is 50.2 Å². The maximum absolute atomic E-state index is 14.0. The minimum absolute atomic E-state index is 0.281. The number of nitrogens with zero attached hydrogens (tertiary/aromatic N) is 3. The van der Waals surface area contributed by atoms with E-state index in [1.165, 1.54) is 25.3 Å². The number of aryl methyl sites for hydroxylation is 1. The van der Waals surface area contributed by atoms with Crippen molar-refractivity contribution in [2.45, 2.75) is 44.8 Å². The Morgan fingerprint density at radius 3 is 2.67 bits per heavy atom. The molecule has 0 radical (unpaired) electrons. The summed E-state index contributed by atoms with van der Waals surface area (Å²) in [6, 6.07) is 11.8. The van der Waals surface area contributed by atoms with Gasteiger partial charge in [0.25, 0.3) is 5.91 Å². The number of nitrogens with one attached hydrogen (secondary N) is 1. The third-order valence-electron chi connectivity index (χ3n) is 7.00. The second-order valence-corrected chi connectivity index (χ2v) is 9.16. The van der Waals surface area contributed by atoms with E-state index in [0.29, 0.717) is 29.6 Å². The van der Waals surface area contributed by atoms with Gasteiger partial charge in [-0.3, -0.25) is 9.36 Å². The van der Waals surface area contributed by atoms with Gasteiger partial charge < -0.3 is 10.2 Å². The standard InChI is InChI=1S/C25H27F3N4O/c1-16-30-22-7-2-3-8-23(22)32(16)19-9-10-20(21(13-19)25(26,27)28)24(33)29-14-17-11-12-31(15-17)18-5-4-6-18/h2-3,7-10,13,17-18H,4-6,11-12,14-15H2,1H3,(H,29,33). The lowest BCUT2D eigenvalue weighted by atomic mass is 9.92. The number of halogens is 3. The molecule has 8 heteroatoms. The van der Waals surface area contributed by atoms with Crippen LogP contribution in [0.5, 0.6) is 0 Å². The van der Waals surface area contributed by atoms with Gasteiger partial charge in [-0.15, -0.1) is 0 Å². The number of imidazole rings is 1. The van der Waals surface area contributed by atoms with Gasteiger partial charge in [0, 0.05) is 24.8 Å². The number of aromatic nitrogens is 2. The summed E-state index contributed by atoms with van der Waals surface area (Å²) in [6.45, 7) is 4.06. The van der Waals surface area contributed by atoms with Gasteiger partial charge in [-0.25, -0.2) is 4.98 Å². The number of hydrogen-bond donors (Lipinski definition) is 1. The van der Waals surface area contributed by atoms with Crippen LogP contribution >= 0.6 is 0 Å². The molecule has 0 bridgehead atoms. The molecule has 3 aromatic rings. The van der Waals surface area contributed by atoms with Crippen molar-refractivity contribution >= 4 is 16.9 Å². The first-order valence-corrected chi connectivity index (χ1v) is 11.5. The molecule has 174 valence electrons. The molecular weight excluding hydrogens is 429 g/mol. The Labute approximate surface area is 190 Å². The molecule has 1 saturated heterocycles. The van der Waals surface area contributed by atoms with E-state index >= 15 is 0 Å². The Morgan fingerprint density at radius 1 is 1.15 bits per heavy atom. The van der Waals surface area contributed by atoms with Crippen molar-refractivity contribution in [2.24, 2.45) is 5.92 Å². The maximum Gasteiger partial charge on any atom is 0.417 e. The number of likely N-dealkylation sites (tertiary alicyclic amines) is 1. The summed E-state index contributed by atoms with van der Waals surface area (Å²) in [5, 5.41) is 2.76. The Hall–Kier alpha value is -2.87. The number of para-hydroxylation sites is 2. The third kappa shape index (κ3) is 4.24. The Balaban J connectivity index is 1.37. The molecule has 2 aliphatic rings. The molecule has 0 spiro atoms. The van der Waals surface area contributed by atoms with Gasteiger partial charge in [-0.1, -0.05) is 18.6 Å². The molecular formula is C25H27F3N4O. The van der Waals surface area contributed by atoms with Crippen LogP contribution in [-0.2, 0) is 6.18 Å². The van der Waals surface area contributed by atoms with Gasteiger partial charge in [0.05, 0.1) is 22.2 Å². The molecule has 1 unspecified atom stereocenters. The van der Waals surface area contributed by atoms with Gasteiger partial charge in [0.15, 0.2) is 0 Å². The summed E-state index contributed by atoms with van der Waals surface area (Å²) in [6.07, 6.45) is 0.0431. The average Bonchev–Trinajstić information content (AvgIpc) is 3.33. The maximum atomic E-state index is 14.0. The molecule has 2 aromatic carbocycles. The zero-order chi connectivity index (χ0) is 23.2. The number of rotatable bonds is 5. The van der Waals surface area contributed by atoms with Gasteiger partial charge in [0.2, 0.25) is 0 Å². The van der Waals surface area contributed by atoms with Gasteiger partial charge in [-0.05, 0) is 69.0 Å². The number of amides is 1. The number of hydrogen-bond acceptors (Lipinski definition) is 3. The molecule has 33 heavy (non-hydrogen) atoms. The van der Waals surface area contributed by atoms with Crippen molar-refractivity contribution in [1.29, 1.82) is 0 Å². The summed E-state index contributed by atoms with van der Waals surface area (Å²) in [5.74, 6) is 0.185. The summed E-state index contributed by atoms with van der Waals surface area (Å²) in [4.78, 5) is 19.7. The largest absolute Gasteiger partial charge is 0.417 e. The first-order chi connectivity index (χ1) is 15.8. The quantitative estimate of drug-likeness (QED) is 0.591. The molecule has 5 rings (SSSR count). The van der Waals surface area contributed by atoms with Crippen molar-refractivity contribution in [3.05, 3.63) is 59.4 Å². The molecule has 1 N–H and O–H groups in total. The molecule has 1 aliphatic carbocycles. The highest BCUT2D eigenvalue weighted by Crippen LogP contribution is 2.35. The van der Waals surface area contributed by atoms with Crippen molar-refractivity contribution in [3.8, 4) is 5.69 Å². The van der Waals surface area contributed by atoms with Crippen molar-refractivity contribution in [1.82, 2.24) is 19.8 Å². The number of alkyl halides is 3. The van der Waals surface area contributed by atoms with E-state index in [1.54, 1.807) is 17.6 Å². The molecule has 1 amide bonds. The first kappa shape index (κ1) is 21.9. The van der Waals surface area contributed by atoms with Crippen LogP contribution in [-0.4, -0.2) is 46.0 Å². The highest BCUT2D eigenvalue weighted by atomic mass is 19.4. The van der Waals surface area contributed by atoms with E-state index in [-0.39, 0.29) is 11.5 Å². The van der Waals surface area contributed by atoms with Crippen LogP contribution in [0.15, 0.2) is 42.5 Å². The van der Waals surface area contributed by atoms with Gasteiger partial charge in [-0.2, -0.15) is 13.2 Å². The Morgan fingerprint density at radius 2 is 1.94 bits per heavy atom. The van der Waals surface area contributed by atoms with Crippen molar-refractivity contribution < 1.29 is 18.0 Å². The summed E-state index contributed by atoms with van der Waals surface area (Å²) >= 11 is 0. The van der Waals surface area contributed by atoms with Crippen LogP contribution in [0.4, 0.5) is 13.2 Å². The highest BCUT2D eigenvalue weighted by molar-refractivity contribution is 5.96. The molecule has 1 aromatic heterocycles. The highest BCUT2D eigenvalue weighted by Gasteiger charge is 2.36. The number of benzene rings is 2. The van der Waals surface area contributed by atoms with E-state index in [0.717, 1.165) is 31.1 Å². The van der Waals surface area contributed by atoms with E-state index in [9.17, 15) is 18.0 Å². The second-order valence-electron chi connectivity index (χ2n) is 9.16. The molecule has 2 fully saturated rings. The zero-order valence-corrected chi connectivity index (χ0v) is 18.5. The van der Waals surface area contributed by atoms with E-state index < -0.39 is 17.6 Å². The zero-order valence-electron chi connectivity index (χ0n) is 18.5. The monoisotopic (exact) mass is 456 g/mol. The summed E-state index contributed by atoms with van der Waals surface area (Å²) < 4.78 is 43.6. The van der Waals surface area contributed by atoms with Crippen LogP contribution in [0.3, 0.4) is 0 Å². The van der Waals surface area contributed by atoms with E-state index in [1.807, 2.05) is 24.3 Å². The minimum Gasteiger partial charge on any atom is -0.352 e. The molecule has 2 heterocycles. The molecule has 1 saturated carbocycles. The minimum atomic E-state index is -4.65. The van der Waals surface area contributed by atoms with Crippen molar-refractivity contribution in [2.75, 3.05) is 19.6 Å². The van der Waals surface area contributed by atoms with Gasteiger partial charge in [0.1, 0.15) is 5.82 Å². The van der Waals surface area contributed by atoms with E-state index in [2.05, 4.69) is 15.2 Å². The Kier molecular flexibility index (Phi) is 5.64. The van der Waals surface area contributed by atoms with Crippen LogP contribution in [0.25, 0.3) is 16.7 Å². The number of fused-ring (bicyclic) bond motifs is 1. The fourth-order valence-corrected chi connectivity index (χ4v) is 5.02. The van der Waals surface area contributed by atoms with Crippen LogP contribution in [0.1, 0.15) is 47.4 Å². The Bertz CT molecular complexity index is 1180. The second kappa shape index (κ2) is 8.48. The molecule has 1 atom stereocenters. The van der Waals surface area contributed by atoms with Crippen LogP contribution in [0.2, 0.25) is 0 Å². The summed E-state index contributed by atoms with van der Waals surface area (Å²) in [5.41, 5.74) is 0.479. The SMILES string of the molecule is Cc1nc2ccccc2n1-c1ccc(C(=O)NCC2CCN(C3CCC3)C2)c(C(F)(F)F)c1. The third-order valence-corrected chi connectivity index (χ3v) is 7.00. The average molecular weight is 457 g/mol. The lowest BCUT2D eigenvalue weighted by Gasteiger charge is -2.34. The van der Waals surface area contributed by atoms with Gasteiger partial charge >= 0.3 is 6.18 Å². The lowest BCUT2D eigenvalue weighted by molar-refractivity contribution is -0.137. The lowest BCUT2D eigenvalue weighted by Crippen LogP contribution is -2.39. The normalized spacial score (nSPS) is 19.7. The first-order valence-electron chi connectivity index (χ1n) is 11.5. The van der Waals surface area contributed by atoms with Crippen molar-refractivity contribution in [3.63, 3.8) is 0 Å². The fraction of sp³-hybridized carbons (Fsp3) is 0.440. The number of carbonyl (C=O) groups excluding carboxylic acids is 1. The smallest absolute Gasteiger partial charge is 0.352 e. The molecule has 1 aliphatic heterocycles. The number of carbonyl (C=O) groups is 1. The molecule has 5 nitrogen and oxygen atoms in total. The predicted molar refractivity (Wildman–Crippen MR) is 120 cm³/mol. The summed E-state index contributed by atoms with van der Waals surface area (Å²) in [7, 11) is 0. The fourth-order valence-electron chi connectivity index (χ4n) is 5.02. The van der Waals surface area contributed by atoms with E-state index in [4.69, 9.17) is 0 Å². The predicted octanol–water partition coefficient (Wildman–Crippen LogP) is 4.96. The van der Waals surface area contributed by atoms with Crippen LogP contribution < -0.4 is 5.32 Å². The van der Waals surface area contributed by atoms with Crippen LogP contribution in [0, 0.1) is 12.8 Å².